The summed E-state index contributed by atoms with van der Waals surface area (Å²) in [5.74, 6) is 6.00. The third kappa shape index (κ3) is 19.3. The predicted octanol–water partition coefficient (Wildman–Crippen LogP) is 11.8. The molecule has 5 fully saturated rings. The number of hydrogen-bond donors (Lipinski definition) is 9. The number of rotatable bonds is 25. The molecule has 7 heterocycles. The van der Waals surface area contributed by atoms with E-state index in [1.54, 1.807) is 0 Å². The molecule has 17 heteroatoms. The van der Waals surface area contributed by atoms with E-state index in [4.69, 9.17) is 29.9 Å². The number of piperidine rings is 4. The smallest absolute Gasteiger partial charge is 0.232 e. The lowest BCUT2D eigenvalue weighted by Gasteiger charge is -2.49. The van der Waals surface area contributed by atoms with Crippen LogP contribution in [0.5, 0.6) is 0 Å². The quantitative estimate of drug-likeness (QED) is 0.0456. The van der Waals surface area contributed by atoms with E-state index in [0.717, 1.165) is 141 Å². The second-order valence-electron chi connectivity index (χ2n) is 31.7. The van der Waals surface area contributed by atoms with Crippen molar-refractivity contribution in [2.75, 3.05) is 70.8 Å². The Kier molecular flexibility index (Phi) is 21.0. The highest BCUT2D eigenvalue weighted by atomic mass is 15.4. The van der Waals surface area contributed by atoms with Gasteiger partial charge in [0.2, 0.25) is 35.7 Å². The summed E-state index contributed by atoms with van der Waals surface area (Å²) in [6.07, 6.45) is 17.4. The molecule has 5 aliphatic rings. The van der Waals surface area contributed by atoms with Crippen molar-refractivity contribution in [2.24, 2.45) is 23.7 Å². The summed E-state index contributed by atoms with van der Waals surface area (Å²) in [5.41, 5.74) is 0.338. The van der Waals surface area contributed by atoms with Gasteiger partial charge in [0.1, 0.15) is 0 Å². The second-order valence-corrected chi connectivity index (χ2v) is 31.7. The van der Waals surface area contributed by atoms with Crippen molar-refractivity contribution in [3.63, 3.8) is 0 Å². The monoisotopic (exact) mass is 1130 g/mol. The molecule has 0 amide bonds. The Morgan fingerprint density at radius 2 is 0.617 bits per heavy atom. The standard InChI is InChI=1S/C64H121N17/c1-21-25-47(43-35-57(5,6)76-58(7,8)36-43)66-52-70-51(71-53(72-52)67-48(26-22-2)44-37-59(9,10)77-60(11,12)38-44)65-29-30-80-31-33-81(34-32-80)56-74-54(68-49(27-23-3)45-39-61(13,14)78-62(15,16)40-45)73-55(75-56)69-50(28-24-4)46-41-63(17,18)79-64(19,20)42-46/h43-50,76-79H,21-42H2,1-20H3,(H2,68,69,73,74,75)(H3,65,66,67,70,71,72). The minimum absolute atomic E-state index is 0.0412. The number of piperazine rings is 1. The van der Waals surface area contributed by atoms with Gasteiger partial charge in [-0.25, -0.2) is 0 Å². The maximum Gasteiger partial charge on any atom is 0.232 e. The van der Waals surface area contributed by atoms with Gasteiger partial charge in [-0.2, -0.15) is 29.9 Å². The van der Waals surface area contributed by atoms with Gasteiger partial charge in [0.05, 0.1) is 0 Å². The van der Waals surface area contributed by atoms with E-state index < -0.39 is 0 Å². The molecular weight excluding hydrogens is 1010 g/mol. The van der Waals surface area contributed by atoms with Crippen molar-refractivity contribution in [1.82, 2.24) is 56.1 Å². The first-order valence-electron chi connectivity index (χ1n) is 32.6. The summed E-state index contributed by atoms with van der Waals surface area (Å²) >= 11 is 0. The lowest BCUT2D eigenvalue weighted by Crippen LogP contribution is -2.60. The molecule has 462 valence electrons. The van der Waals surface area contributed by atoms with E-state index in [9.17, 15) is 0 Å². The molecule has 0 bridgehead atoms. The Labute approximate surface area is 493 Å². The third-order valence-electron chi connectivity index (χ3n) is 18.4. The van der Waals surface area contributed by atoms with Crippen LogP contribution in [0.2, 0.25) is 0 Å². The van der Waals surface area contributed by atoms with Crippen LogP contribution in [0.1, 0.15) is 241 Å². The van der Waals surface area contributed by atoms with Crippen LogP contribution >= 0.6 is 0 Å². The minimum Gasteiger partial charge on any atom is -0.353 e. The van der Waals surface area contributed by atoms with E-state index in [-0.39, 0.29) is 68.5 Å². The van der Waals surface area contributed by atoms with Crippen molar-refractivity contribution in [3.8, 4) is 0 Å². The topological polar surface area (TPSA) is 192 Å². The largest absolute Gasteiger partial charge is 0.353 e. The average molecular weight is 1130 g/mol. The normalized spacial score (nSPS) is 25.3. The van der Waals surface area contributed by atoms with Crippen molar-refractivity contribution in [1.29, 1.82) is 0 Å². The molecule has 2 aromatic rings. The van der Waals surface area contributed by atoms with Crippen LogP contribution < -0.4 is 52.8 Å². The van der Waals surface area contributed by atoms with Gasteiger partial charge in [0.15, 0.2) is 0 Å². The Morgan fingerprint density at radius 1 is 0.370 bits per heavy atom. The molecule has 81 heavy (non-hydrogen) atoms. The molecule has 0 aliphatic carbocycles. The Bertz CT molecular complexity index is 2100. The molecular formula is C64H121N17. The lowest BCUT2D eigenvalue weighted by molar-refractivity contribution is 0.114. The maximum atomic E-state index is 5.31. The van der Waals surface area contributed by atoms with E-state index in [0.29, 0.717) is 60.0 Å². The number of aromatic nitrogens is 6. The van der Waals surface area contributed by atoms with Crippen molar-refractivity contribution >= 4 is 35.7 Å². The Balaban J connectivity index is 1.09. The van der Waals surface area contributed by atoms with Crippen LogP contribution in [0.4, 0.5) is 35.7 Å². The van der Waals surface area contributed by atoms with Crippen LogP contribution in [0.25, 0.3) is 0 Å². The molecule has 0 aromatic carbocycles. The van der Waals surface area contributed by atoms with Crippen molar-refractivity contribution in [2.45, 2.75) is 310 Å². The SMILES string of the molecule is CCCC(Nc1nc(NCCN2CCN(c3nc(NC(CCC)C4CC(C)(C)NC(C)(C)C4)nc(NC(CCC)C4CC(C)(C)NC(C)(C)C4)n3)CC2)nc(NC(CCC)C2CC(C)(C)NC(C)(C)C2)n1)C1CC(C)(C)NC(C)(C)C1. The summed E-state index contributed by atoms with van der Waals surface area (Å²) in [5, 5.41) is 35.2. The molecule has 7 rings (SSSR count). The van der Waals surface area contributed by atoms with Gasteiger partial charge in [0.25, 0.3) is 0 Å². The zero-order valence-electron chi connectivity index (χ0n) is 55.3. The molecule has 0 saturated carbocycles. The zero-order chi connectivity index (χ0) is 59.4. The van der Waals surface area contributed by atoms with Gasteiger partial charge in [0, 0.05) is 108 Å². The molecule has 0 radical (unpaired) electrons. The molecule has 9 N–H and O–H groups in total. The fourth-order valence-electron chi connectivity index (χ4n) is 17.1. The lowest BCUT2D eigenvalue weighted by atomic mass is 9.72. The van der Waals surface area contributed by atoms with E-state index in [1.807, 2.05) is 0 Å². The first-order valence-corrected chi connectivity index (χ1v) is 32.6. The van der Waals surface area contributed by atoms with E-state index in [2.05, 4.69) is 196 Å². The molecule has 17 nitrogen and oxygen atoms in total. The average Bonchev–Trinajstić information content (AvgIpc) is 3.41. The summed E-state index contributed by atoms with van der Waals surface area (Å²) in [7, 11) is 0. The highest BCUT2D eigenvalue weighted by molar-refractivity contribution is 5.46. The summed E-state index contributed by atoms with van der Waals surface area (Å²) in [6, 6.07) is 0.995. The molecule has 5 aliphatic heterocycles. The number of nitrogens with one attached hydrogen (secondary N) is 9. The van der Waals surface area contributed by atoms with Crippen LogP contribution in [0, 0.1) is 23.7 Å². The Morgan fingerprint density at radius 3 is 0.877 bits per heavy atom. The highest BCUT2D eigenvalue weighted by Gasteiger charge is 2.45. The number of hydrogen-bond acceptors (Lipinski definition) is 17. The third-order valence-corrected chi connectivity index (χ3v) is 18.4. The zero-order valence-corrected chi connectivity index (χ0v) is 55.3. The molecule has 4 atom stereocenters. The molecule has 4 unspecified atom stereocenters. The Hall–Kier alpha value is -3.38. The number of nitrogens with zero attached hydrogens (tertiary/aromatic N) is 8. The van der Waals surface area contributed by atoms with Crippen LogP contribution in [0.3, 0.4) is 0 Å². The highest BCUT2D eigenvalue weighted by Crippen LogP contribution is 2.41. The van der Waals surface area contributed by atoms with Gasteiger partial charge in [-0.3, -0.25) is 4.90 Å². The van der Waals surface area contributed by atoms with E-state index >= 15 is 0 Å². The van der Waals surface area contributed by atoms with Gasteiger partial charge >= 0.3 is 0 Å². The van der Waals surface area contributed by atoms with Gasteiger partial charge in [-0.15, -0.1) is 0 Å². The van der Waals surface area contributed by atoms with Gasteiger partial charge < -0.3 is 52.8 Å². The van der Waals surface area contributed by atoms with Gasteiger partial charge in [-0.05, 0) is 212 Å². The molecule has 0 spiro atoms. The fraction of sp³-hybridized carbons (Fsp3) is 0.906. The predicted molar refractivity (Wildman–Crippen MR) is 342 cm³/mol. The molecule has 2 aromatic heterocycles. The summed E-state index contributed by atoms with van der Waals surface area (Å²) in [6.45, 7) is 51.9. The first-order chi connectivity index (χ1) is 37.7. The minimum atomic E-state index is 0.0412. The maximum absolute atomic E-state index is 5.31. The first kappa shape index (κ1) is 65.2. The summed E-state index contributed by atoms with van der Waals surface area (Å²) in [4.78, 5) is 36.4. The molecule has 5 saturated heterocycles. The van der Waals surface area contributed by atoms with Crippen LogP contribution in [0.15, 0.2) is 0 Å². The fourth-order valence-corrected chi connectivity index (χ4v) is 17.1. The van der Waals surface area contributed by atoms with E-state index in [1.165, 1.54) is 0 Å². The van der Waals surface area contributed by atoms with Crippen LogP contribution in [-0.2, 0) is 0 Å². The van der Waals surface area contributed by atoms with Crippen molar-refractivity contribution in [3.05, 3.63) is 0 Å². The van der Waals surface area contributed by atoms with Crippen LogP contribution in [-0.4, -0.2) is 143 Å². The summed E-state index contributed by atoms with van der Waals surface area (Å²) < 4.78 is 0. The van der Waals surface area contributed by atoms with Crippen molar-refractivity contribution < 1.29 is 0 Å². The second kappa shape index (κ2) is 26.1. The van der Waals surface area contributed by atoms with Gasteiger partial charge in [-0.1, -0.05) is 53.4 Å². The number of anilines is 6.